The number of rotatable bonds is 7. The van der Waals surface area contributed by atoms with E-state index in [2.05, 4.69) is 26.2 Å². The third-order valence-electron chi connectivity index (χ3n) is 4.75. The number of hydrogen-bond donors (Lipinski definition) is 3. The Morgan fingerprint density at radius 2 is 2.00 bits per heavy atom. The Morgan fingerprint density at radius 3 is 2.65 bits per heavy atom. The molecule has 1 saturated carbocycles. The zero-order valence-corrected chi connectivity index (χ0v) is 15.2. The van der Waals surface area contributed by atoms with Crippen LogP contribution in [0.15, 0.2) is 24.3 Å². The van der Waals surface area contributed by atoms with Crippen molar-refractivity contribution in [3.8, 4) is 0 Å². The van der Waals surface area contributed by atoms with Gasteiger partial charge >= 0.3 is 0 Å². The van der Waals surface area contributed by atoms with Crippen molar-refractivity contribution < 1.29 is 4.79 Å². The highest BCUT2D eigenvalue weighted by Gasteiger charge is 2.26. The van der Waals surface area contributed by atoms with Gasteiger partial charge < -0.3 is 16.4 Å². The lowest BCUT2D eigenvalue weighted by Gasteiger charge is -2.25. The first-order chi connectivity index (χ1) is 12.7. The smallest absolute Gasteiger partial charge is 0.221 e. The molecule has 1 aliphatic rings. The van der Waals surface area contributed by atoms with E-state index in [0.717, 1.165) is 29.9 Å². The maximum atomic E-state index is 11.2. The molecule has 0 saturated heterocycles. The molecule has 0 spiro atoms. The van der Waals surface area contributed by atoms with Gasteiger partial charge in [-0.25, -0.2) is 4.68 Å². The first-order valence-electron chi connectivity index (χ1n) is 9.28. The van der Waals surface area contributed by atoms with E-state index in [1.165, 1.54) is 26.2 Å². The summed E-state index contributed by atoms with van der Waals surface area (Å²) in [6.45, 7) is 2.69. The van der Waals surface area contributed by atoms with Crippen LogP contribution in [0.4, 0.5) is 5.69 Å². The SMILES string of the molecule is CC(=O)Nc1ccc(C(NCCN)c2nnnn2C2CCCCC2)cc1. The van der Waals surface area contributed by atoms with Gasteiger partial charge in [0.15, 0.2) is 5.82 Å². The number of benzene rings is 1. The third kappa shape index (κ3) is 4.44. The van der Waals surface area contributed by atoms with Gasteiger partial charge in [-0.3, -0.25) is 4.79 Å². The molecule has 4 N–H and O–H groups in total. The molecule has 8 heteroatoms. The van der Waals surface area contributed by atoms with Crippen LogP contribution >= 0.6 is 0 Å². The monoisotopic (exact) mass is 357 g/mol. The molecule has 1 atom stereocenters. The molecule has 2 aromatic rings. The molecule has 140 valence electrons. The first kappa shape index (κ1) is 18.5. The van der Waals surface area contributed by atoms with Crippen molar-refractivity contribution in [2.24, 2.45) is 5.73 Å². The van der Waals surface area contributed by atoms with Crippen molar-refractivity contribution in [2.45, 2.75) is 51.1 Å². The molecule has 3 rings (SSSR count). The summed E-state index contributed by atoms with van der Waals surface area (Å²) in [6.07, 6.45) is 5.95. The van der Waals surface area contributed by atoms with Crippen molar-refractivity contribution >= 4 is 11.6 Å². The molecule has 8 nitrogen and oxygen atoms in total. The number of amides is 1. The maximum absolute atomic E-state index is 11.2. The number of carbonyl (C=O) groups excluding carboxylic acids is 1. The molecule has 1 aromatic heterocycles. The zero-order valence-electron chi connectivity index (χ0n) is 15.2. The van der Waals surface area contributed by atoms with E-state index in [-0.39, 0.29) is 11.9 Å². The average Bonchev–Trinajstić information content (AvgIpc) is 3.13. The van der Waals surface area contributed by atoms with Crippen molar-refractivity contribution in [3.63, 3.8) is 0 Å². The minimum atomic E-state index is -0.137. The highest BCUT2D eigenvalue weighted by Crippen LogP contribution is 2.30. The Balaban J connectivity index is 1.86. The van der Waals surface area contributed by atoms with E-state index in [1.54, 1.807) is 0 Å². The summed E-state index contributed by atoms with van der Waals surface area (Å²) in [4.78, 5) is 11.2. The molecule has 1 amide bonds. The van der Waals surface area contributed by atoms with Gasteiger partial charge in [-0.1, -0.05) is 31.4 Å². The second kappa shape index (κ2) is 8.86. The Bertz CT molecular complexity index is 707. The maximum Gasteiger partial charge on any atom is 0.221 e. The van der Waals surface area contributed by atoms with Gasteiger partial charge in [0.2, 0.25) is 5.91 Å². The van der Waals surface area contributed by atoms with Crippen LogP contribution in [0, 0.1) is 0 Å². The molecule has 1 aliphatic carbocycles. The van der Waals surface area contributed by atoms with E-state index >= 15 is 0 Å². The molecule has 0 radical (unpaired) electrons. The van der Waals surface area contributed by atoms with Crippen molar-refractivity contribution in [3.05, 3.63) is 35.7 Å². The van der Waals surface area contributed by atoms with Gasteiger partial charge in [-0.05, 0) is 41.0 Å². The van der Waals surface area contributed by atoms with Crippen LogP contribution < -0.4 is 16.4 Å². The second-order valence-corrected chi connectivity index (χ2v) is 6.75. The zero-order chi connectivity index (χ0) is 18.4. The lowest BCUT2D eigenvalue weighted by molar-refractivity contribution is -0.114. The molecular weight excluding hydrogens is 330 g/mol. The predicted octanol–water partition coefficient (Wildman–Crippen LogP) is 1.77. The molecule has 26 heavy (non-hydrogen) atoms. The standard InChI is InChI=1S/C18H27N7O/c1-13(26)21-15-9-7-14(8-10-15)17(20-12-11-19)18-22-23-24-25(18)16-5-3-2-4-6-16/h7-10,16-17,20H,2-6,11-12,19H2,1H3,(H,21,26). The van der Waals surface area contributed by atoms with Gasteiger partial charge in [0, 0.05) is 25.7 Å². The van der Waals surface area contributed by atoms with Crippen molar-refractivity contribution in [2.75, 3.05) is 18.4 Å². The van der Waals surface area contributed by atoms with Crippen LogP contribution in [0.2, 0.25) is 0 Å². The van der Waals surface area contributed by atoms with E-state index in [0.29, 0.717) is 19.1 Å². The molecule has 0 aliphatic heterocycles. The van der Waals surface area contributed by atoms with Crippen LogP contribution in [0.1, 0.15) is 62.5 Å². The largest absolute Gasteiger partial charge is 0.329 e. The number of nitrogens with two attached hydrogens (primary N) is 1. The quantitative estimate of drug-likeness (QED) is 0.696. The van der Waals surface area contributed by atoms with Gasteiger partial charge in [0.1, 0.15) is 0 Å². The van der Waals surface area contributed by atoms with Crippen LogP contribution in [-0.4, -0.2) is 39.2 Å². The number of nitrogens with zero attached hydrogens (tertiary/aromatic N) is 4. The van der Waals surface area contributed by atoms with Gasteiger partial charge in [0.05, 0.1) is 12.1 Å². The van der Waals surface area contributed by atoms with Crippen LogP contribution in [-0.2, 0) is 4.79 Å². The van der Waals surface area contributed by atoms with Crippen LogP contribution in [0.3, 0.4) is 0 Å². The first-order valence-corrected chi connectivity index (χ1v) is 9.28. The second-order valence-electron chi connectivity index (χ2n) is 6.75. The van der Waals surface area contributed by atoms with Gasteiger partial charge in [-0.15, -0.1) is 5.10 Å². The summed E-state index contributed by atoms with van der Waals surface area (Å²) in [5.41, 5.74) is 7.51. The minimum Gasteiger partial charge on any atom is -0.329 e. The molecule has 0 bridgehead atoms. The number of nitrogens with one attached hydrogen (secondary N) is 2. The number of aromatic nitrogens is 4. The Morgan fingerprint density at radius 1 is 1.27 bits per heavy atom. The summed E-state index contributed by atoms with van der Waals surface area (Å²) >= 11 is 0. The van der Waals surface area contributed by atoms with Crippen molar-refractivity contribution in [1.29, 1.82) is 0 Å². The van der Waals surface area contributed by atoms with Crippen molar-refractivity contribution in [1.82, 2.24) is 25.5 Å². The highest BCUT2D eigenvalue weighted by atomic mass is 16.1. The van der Waals surface area contributed by atoms with E-state index in [9.17, 15) is 4.79 Å². The number of hydrogen-bond acceptors (Lipinski definition) is 6. The van der Waals surface area contributed by atoms with E-state index in [1.807, 2.05) is 28.9 Å². The summed E-state index contributed by atoms with van der Waals surface area (Å²) in [7, 11) is 0. The van der Waals surface area contributed by atoms with Gasteiger partial charge in [-0.2, -0.15) is 0 Å². The Labute approximate surface area is 153 Å². The highest BCUT2D eigenvalue weighted by molar-refractivity contribution is 5.88. The van der Waals surface area contributed by atoms with Crippen LogP contribution in [0.5, 0.6) is 0 Å². The molecular formula is C18H27N7O. The molecule has 1 fully saturated rings. The lowest BCUT2D eigenvalue weighted by Crippen LogP contribution is -2.31. The molecule has 1 heterocycles. The summed E-state index contributed by atoms with van der Waals surface area (Å²) < 4.78 is 1.98. The predicted molar refractivity (Wildman–Crippen MR) is 99.6 cm³/mol. The fourth-order valence-corrected chi connectivity index (χ4v) is 3.52. The number of carbonyl (C=O) groups is 1. The minimum absolute atomic E-state index is 0.0863. The van der Waals surface area contributed by atoms with E-state index < -0.39 is 0 Å². The van der Waals surface area contributed by atoms with Crippen LogP contribution in [0.25, 0.3) is 0 Å². The summed E-state index contributed by atoms with van der Waals surface area (Å²) in [6, 6.07) is 7.97. The third-order valence-corrected chi connectivity index (χ3v) is 4.75. The topological polar surface area (TPSA) is 111 Å². The van der Waals surface area contributed by atoms with E-state index in [4.69, 9.17) is 5.73 Å². The summed E-state index contributed by atoms with van der Waals surface area (Å²) in [5, 5.41) is 18.8. The normalized spacial score (nSPS) is 16.4. The lowest BCUT2D eigenvalue weighted by atomic mass is 9.95. The summed E-state index contributed by atoms with van der Waals surface area (Å²) in [5.74, 6) is 0.731. The number of anilines is 1. The molecule has 1 unspecified atom stereocenters. The molecule has 1 aromatic carbocycles. The Kier molecular flexibility index (Phi) is 6.30. The Hall–Kier alpha value is -2.32. The van der Waals surface area contributed by atoms with Gasteiger partial charge in [0.25, 0.3) is 0 Å². The number of tetrazole rings is 1. The fraction of sp³-hybridized carbons (Fsp3) is 0.556. The fourth-order valence-electron chi connectivity index (χ4n) is 3.52. The average molecular weight is 357 g/mol.